The molecule has 0 aromatic carbocycles. The Kier molecular flexibility index (Phi) is 3.44. The summed E-state index contributed by atoms with van der Waals surface area (Å²) in [6.45, 7) is 0. The van der Waals surface area contributed by atoms with Crippen LogP contribution in [0.5, 0.6) is 5.75 Å². The Morgan fingerprint density at radius 1 is 1.62 bits per heavy atom. The molecule has 1 rings (SSSR count). The summed E-state index contributed by atoms with van der Waals surface area (Å²) in [5.41, 5.74) is -0.413. The molecule has 0 unspecified atom stereocenters. The molecule has 1 aromatic rings. The second-order valence-electron chi connectivity index (χ2n) is 2.15. The van der Waals surface area contributed by atoms with Crippen molar-refractivity contribution in [1.82, 2.24) is 4.98 Å². The number of halogens is 4. The molecule has 13 heavy (non-hydrogen) atoms. The molecule has 0 saturated heterocycles. The van der Waals surface area contributed by atoms with Gasteiger partial charge in [-0.3, -0.25) is 0 Å². The third kappa shape index (κ3) is 2.28. The van der Waals surface area contributed by atoms with Crippen molar-refractivity contribution in [3.63, 3.8) is 0 Å². The average Bonchev–Trinajstić information content (AvgIpc) is 2.08. The van der Waals surface area contributed by atoms with Crippen LogP contribution in [0.1, 0.15) is 12.1 Å². The van der Waals surface area contributed by atoms with Gasteiger partial charge in [0.25, 0.3) is 6.43 Å². The van der Waals surface area contributed by atoms with Gasteiger partial charge in [-0.15, -0.1) is 0 Å². The maximum atomic E-state index is 12.3. The summed E-state index contributed by atoms with van der Waals surface area (Å²) in [4.78, 5) is 3.47. The van der Waals surface area contributed by atoms with Gasteiger partial charge in [-0.05, 0) is 15.9 Å². The predicted octanol–water partition coefficient (Wildman–Crippen LogP) is 3.44. The summed E-state index contributed by atoms with van der Waals surface area (Å²) < 4.78 is 29.6. The minimum atomic E-state index is -2.68. The summed E-state index contributed by atoms with van der Waals surface area (Å²) in [5.74, 6) is 0.246. The second kappa shape index (κ2) is 4.19. The highest BCUT2D eigenvalue weighted by molar-refractivity contribution is 9.10. The quantitative estimate of drug-likeness (QED) is 0.769. The molecule has 0 saturated carbocycles. The molecular formula is C7H5BrClF2NO. The molecule has 0 fully saturated rings. The van der Waals surface area contributed by atoms with Crippen molar-refractivity contribution in [3.8, 4) is 5.75 Å². The van der Waals surface area contributed by atoms with E-state index in [1.54, 1.807) is 0 Å². The Morgan fingerprint density at radius 2 is 2.23 bits per heavy atom. The first-order valence-electron chi connectivity index (χ1n) is 3.24. The van der Waals surface area contributed by atoms with Gasteiger partial charge in [0.15, 0.2) is 0 Å². The van der Waals surface area contributed by atoms with Gasteiger partial charge in [-0.1, -0.05) is 11.6 Å². The molecular weight excluding hydrogens is 267 g/mol. The predicted molar refractivity (Wildman–Crippen MR) is 48.5 cm³/mol. The molecule has 0 radical (unpaired) electrons. The van der Waals surface area contributed by atoms with Crippen LogP contribution in [0.4, 0.5) is 8.78 Å². The van der Waals surface area contributed by atoms with E-state index in [9.17, 15) is 8.78 Å². The van der Waals surface area contributed by atoms with Crippen LogP contribution in [-0.4, -0.2) is 12.1 Å². The van der Waals surface area contributed by atoms with E-state index in [4.69, 9.17) is 16.3 Å². The maximum Gasteiger partial charge on any atom is 0.281 e. The van der Waals surface area contributed by atoms with Crippen LogP contribution >= 0.6 is 27.5 Å². The Bertz CT molecular complexity index is 322. The van der Waals surface area contributed by atoms with Gasteiger partial charge in [0.2, 0.25) is 0 Å². The zero-order chi connectivity index (χ0) is 10.0. The van der Waals surface area contributed by atoms with Crippen molar-refractivity contribution in [2.45, 2.75) is 6.43 Å². The minimum absolute atomic E-state index is 0.0182. The van der Waals surface area contributed by atoms with Crippen molar-refractivity contribution in [1.29, 1.82) is 0 Å². The number of aromatic nitrogens is 1. The molecule has 1 aromatic heterocycles. The van der Waals surface area contributed by atoms with E-state index in [0.29, 0.717) is 0 Å². The van der Waals surface area contributed by atoms with E-state index in [1.165, 1.54) is 13.2 Å². The molecule has 0 aliphatic rings. The Morgan fingerprint density at radius 3 is 2.69 bits per heavy atom. The first-order valence-corrected chi connectivity index (χ1v) is 4.41. The fraction of sp³-hybridized carbons (Fsp3) is 0.286. The van der Waals surface area contributed by atoms with Crippen molar-refractivity contribution >= 4 is 27.5 Å². The molecule has 0 amide bonds. The number of alkyl halides is 2. The Balaban J connectivity index is 3.27. The highest BCUT2D eigenvalue weighted by atomic mass is 79.9. The summed E-state index contributed by atoms with van der Waals surface area (Å²) in [5, 5.41) is -0.0182. The maximum absolute atomic E-state index is 12.3. The smallest absolute Gasteiger partial charge is 0.281 e. The van der Waals surface area contributed by atoms with Crippen LogP contribution in [0.25, 0.3) is 0 Å². The zero-order valence-electron chi connectivity index (χ0n) is 6.52. The number of pyridine rings is 1. The minimum Gasteiger partial charge on any atom is -0.495 e. The lowest BCUT2D eigenvalue weighted by molar-refractivity contribution is 0.144. The van der Waals surface area contributed by atoms with Crippen LogP contribution < -0.4 is 4.74 Å². The van der Waals surface area contributed by atoms with Crippen LogP contribution in [0, 0.1) is 0 Å². The number of ether oxygens (including phenoxy) is 1. The molecule has 2 nitrogen and oxygen atoms in total. The number of hydrogen-bond acceptors (Lipinski definition) is 2. The van der Waals surface area contributed by atoms with Gasteiger partial charge in [-0.2, -0.15) is 0 Å². The molecule has 0 N–H and O–H groups in total. The van der Waals surface area contributed by atoms with E-state index in [0.717, 1.165) is 0 Å². The zero-order valence-corrected chi connectivity index (χ0v) is 8.86. The van der Waals surface area contributed by atoms with E-state index in [2.05, 4.69) is 20.9 Å². The van der Waals surface area contributed by atoms with Crippen LogP contribution in [-0.2, 0) is 0 Å². The van der Waals surface area contributed by atoms with Crippen molar-refractivity contribution in [3.05, 3.63) is 21.4 Å². The lowest BCUT2D eigenvalue weighted by Gasteiger charge is -2.07. The number of nitrogens with zero attached hydrogens (tertiary/aromatic N) is 1. The van der Waals surface area contributed by atoms with Crippen LogP contribution in [0.3, 0.4) is 0 Å². The van der Waals surface area contributed by atoms with Crippen molar-refractivity contribution in [2.75, 3.05) is 7.11 Å². The second-order valence-corrected chi connectivity index (χ2v) is 3.33. The topological polar surface area (TPSA) is 22.1 Å². The lowest BCUT2D eigenvalue weighted by Crippen LogP contribution is -1.95. The first-order chi connectivity index (χ1) is 6.06. The van der Waals surface area contributed by atoms with E-state index in [-0.39, 0.29) is 15.4 Å². The van der Waals surface area contributed by atoms with Gasteiger partial charge in [-0.25, -0.2) is 13.8 Å². The summed E-state index contributed by atoms with van der Waals surface area (Å²) in [6, 6.07) is 1.36. The fourth-order valence-electron chi connectivity index (χ4n) is 0.787. The first kappa shape index (κ1) is 10.7. The number of methoxy groups -OCH3 is 1. The van der Waals surface area contributed by atoms with Crippen molar-refractivity contribution in [2.24, 2.45) is 0 Å². The monoisotopic (exact) mass is 271 g/mol. The molecule has 1 heterocycles. The molecule has 6 heteroatoms. The van der Waals surface area contributed by atoms with Crippen molar-refractivity contribution < 1.29 is 13.5 Å². The third-order valence-electron chi connectivity index (χ3n) is 1.35. The number of rotatable bonds is 2. The fourth-order valence-corrected chi connectivity index (χ4v) is 1.52. The number of hydrogen-bond donors (Lipinski definition) is 0. The normalized spacial score (nSPS) is 10.6. The van der Waals surface area contributed by atoms with Gasteiger partial charge in [0.05, 0.1) is 11.6 Å². The SMILES string of the molecule is COc1cc(Cl)nc(C(F)F)c1Br. The molecule has 0 atom stereocenters. The van der Waals surface area contributed by atoms with Crippen LogP contribution in [0.2, 0.25) is 5.15 Å². The highest BCUT2D eigenvalue weighted by Gasteiger charge is 2.18. The Labute approximate surface area is 87.0 Å². The Hall–Kier alpha value is -0.420. The molecule has 0 bridgehead atoms. The summed E-state index contributed by atoms with van der Waals surface area (Å²) in [7, 11) is 1.37. The van der Waals surface area contributed by atoms with E-state index in [1.807, 2.05) is 0 Å². The third-order valence-corrected chi connectivity index (χ3v) is 2.34. The van der Waals surface area contributed by atoms with Gasteiger partial charge >= 0.3 is 0 Å². The van der Waals surface area contributed by atoms with Crippen LogP contribution in [0.15, 0.2) is 10.5 Å². The summed E-state index contributed by atoms with van der Waals surface area (Å²) in [6.07, 6.45) is -2.68. The molecule has 0 aliphatic carbocycles. The van der Waals surface area contributed by atoms with Gasteiger partial charge in [0.1, 0.15) is 16.6 Å². The van der Waals surface area contributed by atoms with E-state index >= 15 is 0 Å². The standard InChI is InChI=1S/C7H5BrClF2NO/c1-13-3-2-4(9)12-6(5(3)8)7(10)11/h2,7H,1H3. The average molecular weight is 272 g/mol. The van der Waals surface area contributed by atoms with E-state index < -0.39 is 12.1 Å². The summed E-state index contributed by atoms with van der Waals surface area (Å²) >= 11 is 8.45. The van der Waals surface area contributed by atoms with Gasteiger partial charge in [0, 0.05) is 6.07 Å². The molecule has 0 aliphatic heterocycles. The van der Waals surface area contributed by atoms with Gasteiger partial charge < -0.3 is 4.74 Å². The molecule has 72 valence electrons. The largest absolute Gasteiger partial charge is 0.495 e. The highest BCUT2D eigenvalue weighted by Crippen LogP contribution is 2.34. The molecule has 0 spiro atoms. The lowest BCUT2D eigenvalue weighted by atomic mass is 10.3.